The van der Waals surface area contributed by atoms with Gasteiger partial charge in [0.1, 0.15) is 0 Å². The normalized spacial score (nSPS) is 11.9. The highest BCUT2D eigenvalue weighted by atomic mass is 32.2. The molecule has 3 rings (SSSR count). The van der Waals surface area contributed by atoms with Crippen molar-refractivity contribution >= 4 is 33.2 Å². The van der Waals surface area contributed by atoms with Crippen LogP contribution < -0.4 is 16.0 Å². The van der Waals surface area contributed by atoms with E-state index >= 15 is 0 Å². The molecule has 0 heterocycles. The van der Waals surface area contributed by atoms with Gasteiger partial charge in [-0.3, -0.25) is 4.79 Å². The van der Waals surface area contributed by atoms with Crippen molar-refractivity contribution in [2.45, 2.75) is 24.8 Å². The number of sulfone groups is 1. The molecule has 3 amide bonds. The minimum absolute atomic E-state index is 0.00828. The predicted octanol–water partition coefficient (Wildman–Crippen LogP) is 4.62. The number of benzene rings is 3. The monoisotopic (exact) mass is 451 g/mol. The summed E-state index contributed by atoms with van der Waals surface area (Å²) in [7, 11) is -3.30. The van der Waals surface area contributed by atoms with E-state index in [1.54, 1.807) is 31.2 Å². The average molecular weight is 452 g/mol. The van der Waals surface area contributed by atoms with E-state index in [2.05, 4.69) is 16.0 Å². The second kappa shape index (κ2) is 10.1. The molecule has 3 N–H and O–H groups in total. The summed E-state index contributed by atoms with van der Waals surface area (Å²) >= 11 is 0. The molecule has 1 atom stereocenters. The van der Waals surface area contributed by atoms with E-state index in [9.17, 15) is 18.0 Å². The van der Waals surface area contributed by atoms with Gasteiger partial charge in [-0.2, -0.15) is 0 Å². The molecule has 0 fully saturated rings. The Balaban J connectivity index is 1.57. The summed E-state index contributed by atoms with van der Waals surface area (Å²) < 4.78 is 23.8. The van der Waals surface area contributed by atoms with E-state index in [1.165, 1.54) is 24.3 Å². The summed E-state index contributed by atoms with van der Waals surface area (Å²) in [6.07, 6.45) is 0. The van der Waals surface area contributed by atoms with Gasteiger partial charge >= 0.3 is 6.03 Å². The van der Waals surface area contributed by atoms with Gasteiger partial charge in [0.15, 0.2) is 9.84 Å². The first kappa shape index (κ1) is 23.0. The minimum Gasteiger partial charge on any atom is -0.346 e. The van der Waals surface area contributed by atoms with Crippen molar-refractivity contribution in [2.75, 3.05) is 16.4 Å². The quantitative estimate of drug-likeness (QED) is 0.488. The van der Waals surface area contributed by atoms with Crippen LogP contribution in [0.1, 0.15) is 35.8 Å². The fourth-order valence-corrected chi connectivity index (χ4v) is 3.90. The number of anilines is 2. The van der Waals surface area contributed by atoms with E-state index in [4.69, 9.17) is 0 Å². The number of carbonyl (C=O) groups excluding carboxylic acids is 2. The second-order valence-electron chi connectivity index (χ2n) is 7.19. The third kappa shape index (κ3) is 5.95. The SMILES string of the molecule is CCS(=O)(=O)c1ccc(C(=O)NC(C)c2ccc(NC(=O)Nc3ccccc3)cc2)cc1. The van der Waals surface area contributed by atoms with Gasteiger partial charge in [-0.15, -0.1) is 0 Å². The summed E-state index contributed by atoms with van der Waals surface area (Å²) in [5, 5.41) is 8.39. The second-order valence-corrected chi connectivity index (χ2v) is 9.47. The maximum Gasteiger partial charge on any atom is 0.323 e. The van der Waals surface area contributed by atoms with Crippen LogP contribution in [0.3, 0.4) is 0 Å². The van der Waals surface area contributed by atoms with Crippen molar-refractivity contribution in [3.8, 4) is 0 Å². The maximum atomic E-state index is 12.5. The number of urea groups is 1. The van der Waals surface area contributed by atoms with E-state index in [-0.39, 0.29) is 28.6 Å². The van der Waals surface area contributed by atoms with Gasteiger partial charge in [0.25, 0.3) is 5.91 Å². The molecule has 7 nitrogen and oxygen atoms in total. The molecular formula is C24H25N3O4S. The number of hydrogen-bond donors (Lipinski definition) is 3. The summed E-state index contributed by atoms with van der Waals surface area (Å²) in [6, 6.07) is 21.5. The number of hydrogen-bond acceptors (Lipinski definition) is 4. The summed E-state index contributed by atoms with van der Waals surface area (Å²) in [5.41, 5.74) is 2.55. The zero-order chi connectivity index (χ0) is 23.1. The molecule has 0 bridgehead atoms. The molecule has 32 heavy (non-hydrogen) atoms. The molecular weight excluding hydrogens is 426 g/mol. The fourth-order valence-electron chi connectivity index (χ4n) is 3.01. The lowest BCUT2D eigenvalue weighted by atomic mass is 10.1. The number of rotatable bonds is 7. The van der Waals surface area contributed by atoms with Crippen LogP contribution in [0.25, 0.3) is 0 Å². The summed E-state index contributed by atoms with van der Waals surface area (Å²) in [5.74, 6) is -0.295. The van der Waals surface area contributed by atoms with Gasteiger partial charge in [0.2, 0.25) is 0 Å². The van der Waals surface area contributed by atoms with E-state index in [1.807, 2.05) is 37.3 Å². The zero-order valence-electron chi connectivity index (χ0n) is 17.8. The number of amides is 3. The number of para-hydroxylation sites is 1. The molecule has 3 aromatic rings. The maximum absolute atomic E-state index is 12.5. The first-order chi connectivity index (χ1) is 15.3. The van der Waals surface area contributed by atoms with Gasteiger partial charge in [-0.1, -0.05) is 37.3 Å². The van der Waals surface area contributed by atoms with Crippen LogP contribution in [0.4, 0.5) is 16.2 Å². The zero-order valence-corrected chi connectivity index (χ0v) is 18.6. The smallest absolute Gasteiger partial charge is 0.323 e. The third-order valence-corrected chi connectivity index (χ3v) is 6.65. The van der Waals surface area contributed by atoms with E-state index in [0.717, 1.165) is 5.56 Å². The minimum atomic E-state index is -3.30. The lowest BCUT2D eigenvalue weighted by Crippen LogP contribution is -2.26. The van der Waals surface area contributed by atoms with Crippen molar-refractivity contribution < 1.29 is 18.0 Å². The Morgan fingerprint density at radius 2 is 1.38 bits per heavy atom. The molecule has 1 unspecified atom stereocenters. The standard InChI is InChI=1S/C24H25N3O4S/c1-3-32(30,31)22-15-11-19(12-16-22)23(28)25-17(2)18-9-13-21(14-10-18)27-24(29)26-20-7-5-4-6-8-20/h4-17H,3H2,1-2H3,(H,25,28)(H2,26,27,29). The Morgan fingerprint density at radius 3 is 1.94 bits per heavy atom. The lowest BCUT2D eigenvalue weighted by molar-refractivity contribution is 0.0939. The molecule has 0 aliphatic rings. The average Bonchev–Trinajstić information content (AvgIpc) is 2.80. The summed E-state index contributed by atoms with van der Waals surface area (Å²) in [4.78, 5) is 24.8. The molecule has 8 heteroatoms. The topological polar surface area (TPSA) is 104 Å². The Morgan fingerprint density at radius 1 is 0.812 bits per heavy atom. The summed E-state index contributed by atoms with van der Waals surface area (Å²) in [6.45, 7) is 3.42. The fraction of sp³-hybridized carbons (Fsp3) is 0.167. The van der Waals surface area contributed by atoms with Crippen LogP contribution in [0.5, 0.6) is 0 Å². The van der Waals surface area contributed by atoms with Gasteiger partial charge in [0, 0.05) is 16.9 Å². The van der Waals surface area contributed by atoms with Crippen LogP contribution in [0, 0.1) is 0 Å². The molecule has 3 aromatic carbocycles. The van der Waals surface area contributed by atoms with Crippen LogP contribution in [-0.2, 0) is 9.84 Å². The first-order valence-corrected chi connectivity index (χ1v) is 11.8. The lowest BCUT2D eigenvalue weighted by Gasteiger charge is -2.15. The molecule has 0 saturated carbocycles. The van der Waals surface area contributed by atoms with E-state index in [0.29, 0.717) is 16.9 Å². The van der Waals surface area contributed by atoms with Crippen LogP contribution in [-0.4, -0.2) is 26.1 Å². The van der Waals surface area contributed by atoms with Crippen LogP contribution >= 0.6 is 0 Å². The number of carbonyl (C=O) groups is 2. The van der Waals surface area contributed by atoms with Gasteiger partial charge in [-0.05, 0) is 61.0 Å². The van der Waals surface area contributed by atoms with Crippen molar-refractivity contribution in [2.24, 2.45) is 0 Å². The highest BCUT2D eigenvalue weighted by molar-refractivity contribution is 7.91. The van der Waals surface area contributed by atoms with Gasteiger partial charge in [-0.25, -0.2) is 13.2 Å². The largest absolute Gasteiger partial charge is 0.346 e. The van der Waals surface area contributed by atoms with Crippen LogP contribution in [0.2, 0.25) is 0 Å². The predicted molar refractivity (Wildman–Crippen MR) is 126 cm³/mol. The highest BCUT2D eigenvalue weighted by Gasteiger charge is 2.15. The molecule has 0 radical (unpaired) electrons. The number of nitrogens with one attached hydrogen (secondary N) is 3. The Hall–Kier alpha value is -3.65. The van der Waals surface area contributed by atoms with Crippen molar-refractivity contribution in [1.29, 1.82) is 0 Å². The van der Waals surface area contributed by atoms with Gasteiger partial charge in [0.05, 0.1) is 16.7 Å². The third-order valence-electron chi connectivity index (χ3n) is 4.90. The molecule has 0 saturated heterocycles. The van der Waals surface area contributed by atoms with E-state index < -0.39 is 9.84 Å². The molecule has 0 spiro atoms. The van der Waals surface area contributed by atoms with Gasteiger partial charge < -0.3 is 16.0 Å². The Kier molecular flexibility index (Phi) is 7.27. The molecule has 0 aromatic heterocycles. The Labute approximate surface area is 187 Å². The van der Waals surface area contributed by atoms with Crippen molar-refractivity contribution in [3.63, 3.8) is 0 Å². The highest BCUT2D eigenvalue weighted by Crippen LogP contribution is 2.18. The van der Waals surface area contributed by atoms with Crippen LogP contribution in [0.15, 0.2) is 83.8 Å². The first-order valence-electron chi connectivity index (χ1n) is 10.1. The van der Waals surface area contributed by atoms with Crippen molar-refractivity contribution in [1.82, 2.24) is 5.32 Å². The van der Waals surface area contributed by atoms with Crippen molar-refractivity contribution in [3.05, 3.63) is 90.0 Å². The molecule has 0 aliphatic carbocycles. The molecule has 166 valence electrons. The molecule has 0 aliphatic heterocycles. The Bertz CT molecular complexity index is 1180.